The zero-order valence-corrected chi connectivity index (χ0v) is 20.4. The molecule has 0 aliphatic rings. The normalized spacial score (nSPS) is 11.7. The van der Waals surface area contributed by atoms with Crippen LogP contribution >= 0.6 is 0 Å². The lowest BCUT2D eigenvalue weighted by Gasteiger charge is -2.19. The molecule has 0 aliphatic carbocycles. The van der Waals surface area contributed by atoms with E-state index in [4.69, 9.17) is 11.5 Å². The van der Waals surface area contributed by atoms with Gasteiger partial charge in [0.05, 0.1) is 9.79 Å². The smallest absolute Gasteiger partial charge is 0.294 e. The number of hydrogen-bond donors (Lipinski definition) is 4. The van der Waals surface area contributed by atoms with E-state index in [2.05, 4.69) is 0 Å². The third-order valence-electron chi connectivity index (χ3n) is 5.53. The average molecular weight is 523 g/mol. The van der Waals surface area contributed by atoms with Crippen molar-refractivity contribution in [3.8, 4) is 0 Å². The summed E-state index contributed by atoms with van der Waals surface area (Å²) in [6, 6.07) is 25.6. The molecule has 0 radical (unpaired) electrons. The minimum atomic E-state index is -4.40. The molecule has 0 atom stereocenters. The van der Waals surface area contributed by atoms with Crippen LogP contribution in [0.15, 0.2) is 107 Å². The van der Waals surface area contributed by atoms with E-state index in [0.29, 0.717) is 28.1 Å². The minimum Gasteiger partial charge on any atom is -0.399 e. The van der Waals surface area contributed by atoms with Crippen LogP contribution in [0.3, 0.4) is 0 Å². The molecule has 4 aromatic rings. The van der Waals surface area contributed by atoms with E-state index in [9.17, 15) is 25.9 Å². The molecular weight excluding hydrogens is 500 g/mol. The molecule has 0 spiro atoms. The maximum atomic E-state index is 11.6. The standard InChI is InChI=1S/C26H22N2O6S2/c27-21-9-1-17(2-10-21)25(18-3-11-22(28)12-4-18)26(19-5-13-23(14-6-19)35(29,30)31)20-7-15-24(16-8-20)36(32,33)34/h1-16H,27-28H2,(H,29,30,31)(H,32,33,34). The summed E-state index contributed by atoms with van der Waals surface area (Å²) in [6.45, 7) is 0. The van der Waals surface area contributed by atoms with Crippen LogP contribution in [0.2, 0.25) is 0 Å². The first-order valence-electron chi connectivity index (χ1n) is 10.6. The lowest BCUT2D eigenvalue weighted by atomic mass is 9.85. The number of rotatable bonds is 6. The summed E-state index contributed by atoms with van der Waals surface area (Å²) in [4.78, 5) is -0.539. The van der Waals surface area contributed by atoms with Crippen molar-refractivity contribution in [2.45, 2.75) is 9.79 Å². The third-order valence-corrected chi connectivity index (χ3v) is 7.27. The predicted octanol–water partition coefficient (Wildman–Crippen LogP) is 4.35. The lowest BCUT2D eigenvalue weighted by molar-refractivity contribution is 0.481. The molecule has 36 heavy (non-hydrogen) atoms. The molecule has 6 N–H and O–H groups in total. The first-order chi connectivity index (χ1) is 16.9. The van der Waals surface area contributed by atoms with Crippen molar-refractivity contribution in [3.05, 3.63) is 119 Å². The molecule has 0 bridgehead atoms. The Morgan fingerprint density at radius 2 is 0.667 bits per heavy atom. The van der Waals surface area contributed by atoms with Gasteiger partial charge in [-0.15, -0.1) is 0 Å². The fourth-order valence-electron chi connectivity index (χ4n) is 3.80. The lowest BCUT2D eigenvalue weighted by Crippen LogP contribution is -2.02. The Morgan fingerprint density at radius 1 is 0.444 bits per heavy atom. The second-order valence-electron chi connectivity index (χ2n) is 7.99. The predicted molar refractivity (Wildman–Crippen MR) is 139 cm³/mol. The molecule has 0 unspecified atom stereocenters. The van der Waals surface area contributed by atoms with Crippen LogP contribution in [-0.2, 0) is 20.2 Å². The molecule has 0 fully saturated rings. The summed E-state index contributed by atoms with van der Waals surface area (Å²) in [5, 5.41) is 0. The number of anilines is 2. The van der Waals surface area contributed by atoms with Gasteiger partial charge in [-0.3, -0.25) is 9.11 Å². The molecule has 0 aromatic heterocycles. The quantitative estimate of drug-likeness (QED) is 0.165. The molecule has 4 rings (SSSR count). The van der Waals surface area contributed by atoms with Crippen molar-refractivity contribution in [3.63, 3.8) is 0 Å². The molecule has 4 aromatic carbocycles. The molecular formula is C26H22N2O6S2. The first kappa shape index (κ1) is 25.1. The number of benzene rings is 4. The van der Waals surface area contributed by atoms with E-state index >= 15 is 0 Å². The largest absolute Gasteiger partial charge is 0.399 e. The van der Waals surface area contributed by atoms with Crippen molar-refractivity contribution in [1.82, 2.24) is 0 Å². The van der Waals surface area contributed by atoms with Crippen molar-refractivity contribution >= 4 is 42.8 Å². The monoisotopic (exact) mass is 522 g/mol. The third kappa shape index (κ3) is 5.47. The van der Waals surface area contributed by atoms with Gasteiger partial charge < -0.3 is 11.5 Å². The van der Waals surface area contributed by atoms with Crippen molar-refractivity contribution < 1.29 is 25.9 Å². The van der Waals surface area contributed by atoms with Gasteiger partial charge in [0.1, 0.15) is 0 Å². The van der Waals surface area contributed by atoms with Gasteiger partial charge >= 0.3 is 0 Å². The van der Waals surface area contributed by atoms with E-state index in [1.807, 2.05) is 24.3 Å². The van der Waals surface area contributed by atoms with E-state index in [-0.39, 0.29) is 9.79 Å². The van der Waals surface area contributed by atoms with Gasteiger partial charge in [-0.05, 0) is 81.9 Å². The zero-order valence-electron chi connectivity index (χ0n) is 18.7. The Hall–Kier alpha value is -3.96. The Bertz CT molecular complexity index is 1520. The van der Waals surface area contributed by atoms with E-state index in [1.165, 1.54) is 24.3 Å². The van der Waals surface area contributed by atoms with E-state index in [0.717, 1.165) is 16.7 Å². The zero-order chi connectivity index (χ0) is 26.1. The van der Waals surface area contributed by atoms with Crippen molar-refractivity contribution in [2.24, 2.45) is 0 Å². The summed E-state index contributed by atoms with van der Waals surface area (Å²) < 4.78 is 65.2. The molecule has 184 valence electrons. The van der Waals surface area contributed by atoms with Gasteiger partial charge in [0.15, 0.2) is 0 Å². The fourth-order valence-corrected chi connectivity index (χ4v) is 4.76. The average Bonchev–Trinajstić information content (AvgIpc) is 2.83. The highest BCUT2D eigenvalue weighted by atomic mass is 32.2. The van der Waals surface area contributed by atoms with Gasteiger partial charge in [0.25, 0.3) is 20.2 Å². The molecule has 10 heteroatoms. The first-order valence-corrected chi connectivity index (χ1v) is 13.4. The Kier molecular flexibility index (Phi) is 6.70. The van der Waals surface area contributed by atoms with Gasteiger partial charge in [0.2, 0.25) is 0 Å². The van der Waals surface area contributed by atoms with Gasteiger partial charge in [0, 0.05) is 11.4 Å². The van der Waals surface area contributed by atoms with Crippen LogP contribution in [0.5, 0.6) is 0 Å². The van der Waals surface area contributed by atoms with Crippen molar-refractivity contribution in [2.75, 3.05) is 11.5 Å². The molecule has 0 aliphatic heterocycles. The summed E-state index contributed by atoms with van der Waals surface area (Å²) in [7, 11) is -8.81. The highest BCUT2D eigenvalue weighted by Gasteiger charge is 2.19. The van der Waals surface area contributed by atoms with Crippen LogP contribution in [0, 0.1) is 0 Å². The van der Waals surface area contributed by atoms with E-state index in [1.54, 1.807) is 48.5 Å². The summed E-state index contributed by atoms with van der Waals surface area (Å²) in [5.41, 5.74) is 17.0. The minimum absolute atomic E-state index is 0.270. The summed E-state index contributed by atoms with van der Waals surface area (Å²) in [6.07, 6.45) is 0. The maximum Gasteiger partial charge on any atom is 0.294 e. The van der Waals surface area contributed by atoms with Crippen molar-refractivity contribution in [1.29, 1.82) is 0 Å². The van der Waals surface area contributed by atoms with Crippen LogP contribution in [-0.4, -0.2) is 25.9 Å². The summed E-state index contributed by atoms with van der Waals surface area (Å²) >= 11 is 0. The number of nitrogen functional groups attached to an aromatic ring is 2. The fraction of sp³-hybridized carbons (Fsp3) is 0. The second-order valence-corrected chi connectivity index (χ2v) is 10.8. The highest BCUT2D eigenvalue weighted by molar-refractivity contribution is 7.86. The van der Waals surface area contributed by atoms with Gasteiger partial charge in [-0.1, -0.05) is 48.5 Å². The number of hydrogen-bond acceptors (Lipinski definition) is 6. The number of nitrogens with two attached hydrogens (primary N) is 2. The van der Waals surface area contributed by atoms with Gasteiger partial charge in [-0.2, -0.15) is 16.8 Å². The van der Waals surface area contributed by atoms with Crippen LogP contribution in [0.1, 0.15) is 22.3 Å². The summed E-state index contributed by atoms with van der Waals surface area (Å²) in [5.74, 6) is 0. The Labute approximate surface area is 209 Å². The van der Waals surface area contributed by atoms with Crippen LogP contribution < -0.4 is 11.5 Å². The van der Waals surface area contributed by atoms with Gasteiger partial charge in [-0.25, -0.2) is 0 Å². The Balaban J connectivity index is 2.07. The molecule has 8 nitrogen and oxygen atoms in total. The molecule has 0 saturated carbocycles. The van der Waals surface area contributed by atoms with Crippen LogP contribution in [0.25, 0.3) is 11.1 Å². The maximum absolute atomic E-state index is 11.6. The Morgan fingerprint density at radius 3 is 0.889 bits per heavy atom. The van der Waals surface area contributed by atoms with Crippen LogP contribution in [0.4, 0.5) is 11.4 Å². The molecule has 0 amide bonds. The topological polar surface area (TPSA) is 161 Å². The second kappa shape index (κ2) is 9.59. The SMILES string of the molecule is Nc1ccc(C(=C(c2ccc(S(=O)(=O)O)cc2)c2ccc(S(=O)(=O)O)cc2)c2ccc(N)cc2)cc1. The highest BCUT2D eigenvalue weighted by Crippen LogP contribution is 2.38. The molecule has 0 heterocycles. The van der Waals surface area contributed by atoms with E-state index < -0.39 is 20.2 Å². The molecule has 0 saturated heterocycles.